The van der Waals surface area contributed by atoms with Crippen LogP contribution in [0.3, 0.4) is 0 Å². The molecule has 0 aromatic rings. The number of aliphatic hydroxyl groups is 1. The van der Waals surface area contributed by atoms with Crippen molar-refractivity contribution in [2.24, 2.45) is 5.73 Å². The van der Waals surface area contributed by atoms with Crippen molar-refractivity contribution in [1.29, 1.82) is 0 Å². The molecule has 4 nitrogen and oxygen atoms in total. The van der Waals surface area contributed by atoms with Gasteiger partial charge in [-0.2, -0.15) is 0 Å². The molecule has 0 saturated carbocycles. The maximum absolute atomic E-state index is 10.5. The van der Waals surface area contributed by atoms with Gasteiger partial charge in [0.05, 0.1) is 0 Å². The average molecular weight is 241 g/mol. The third-order valence-corrected chi connectivity index (χ3v) is 4.19. The fourth-order valence-corrected chi connectivity index (χ4v) is 3.13. The summed E-state index contributed by atoms with van der Waals surface area (Å²) in [5.74, 6) is 0. The molecule has 0 spiro atoms. The van der Waals surface area contributed by atoms with Crippen LogP contribution >= 0.6 is 0 Å². The van der Waals surface area contributed by atoms with Gasteiger partial charge in [-0.25, -0.2) is 0 Å². The summed E-state index contributed by atoms with van der Waals surface area (Å²) in [7, 11) is 0. The first-order valence-electron chi connectivity index (χ1n) is 7.14. The van der Waals surface area contributed by atoms with E-state index in [1.807, 2.05) is 0 Å². The molecule has 2 fully saturated rings. The predicted octanol–water partition coefficient (Wildman–Crippen LogP) is 0.602. The number of nitrogens with two attached hydrogens (primary N) is 1. The quantitative estimate of drug-likeness (QED) is 0.740. The largest absolute Gasteiger partial charge is 0.377 e. The van der Waals surface area contributed by atoms with Crippen molar-refractivity contribution in [2.75, 3.05) is 26.2 Å². The first-order chi connectivity index (χ1) is 8.22. The van der Waals surface area contributed by atoms with E-state index in [-0.39, 0.29) is 12.3 Å². The molecule has 2 rings (SSSR count). The van der Waals surface area contributed by atoms with Crippen LogP contribution in [0.2, 0.25) is 0 Å². The number of unbranched alkanes of at least 4 members (excludes halogenated alkanes) is 1. The van der Waals surface area contributed by atoms with Crippen LogP contribution in [0.15, 0.2) is 0 Å². The zero-order valence-electron chi connectivity index (χ0n) is 11.0. The van der Waals surface area contributed by atoms with Gasteiger partial charge in [0.25, 0.3) is 0 Å². The minimum absolute atomic E-state index is 0.259. The number of hydrogen-bond donors (Lipinski definition) is 2. The lowest BCUT2D eigenvalue weighted by molar-refractivity contribution is -0.0388. The van der Waals surface area contributed by atoms with E-state index in [0.29, 0.717) is 6.04 Å². The van der Waals surface area contributed by atoms with Crippen molar-refractivity contribution in [2.45, 2.75) is 57.3 Å². The number of aliphatic hydroxyl groups excluding tert-OH is 1. The zero-order valence-corrected chi connectivity index (χ0v) is 11.0. The normalized spacial score (nSPS) is 33.4. The molecule has 0 aromatic heterocycles. The van der Waals surface area contributed by atoms with Crippen LogP contribution in [0, 0.1) is 0 Å². The molecule has 2 heterocycles. The molecule has 0 aromatic carbocycles. The number of hydrogen-bond acceptors (Lipinski definition) is 4. The van der Waals surface area contributed by atoms with Crippen molar-refractivity contribution in [1.82, 2.24) is 9.80 Å². The van der Waals surface area contributed by atoms with Gasteiger partial charge >= 0.3 is 0 Å². The van der Waals surface area contributed by atoms with Crippen molar-refractivity contribution in [3.8, 4) is 0 Å². The molecule has 3 N–H and O–H groups in total. The summed E-state index contributed by atoms with van der Waals surface area (Å²) in [6.07, 6.45) is 5.56. The molecule has 0 radical (unpaired) electrons. The summed E-state index contributed by atoms with van der Waals surface area (Å²) >= 11 is 0. The third kappa shape index (κ3) is 3.19. The van der Waals surface area contributed by atoms with Crippen LogP contribution in [-0.4, -0.2) is 59.4 Å². The van der Waals surface area contributed by atoms with Gasteiger partial charge in [0.15, 0.2) is 0 Å². The Morgan fingerprint density at radius 2 is 2.18 bits per heavy atom. The predicted molar refractivity (Wildman–Crippen MR) is 69.7 cm³/mol. The van der Waals surface area contributed by atoms with Gasteiger partial charge in [-0.3, -0.25) is 9.80 Å². The molecule has 1 unspecified atom stereocenters. The summed E-state index contributed by atoms with van der Waals surface area (Å²) in [5.41, 5.74) is 5.91. The van der Waals surface area contributed by atoms with Gasteiger partial charge in [-0.15, -0.1) is 0 Å². The molecule has 3 atom stereocenters. The van der Waals surface area contributed by atoms with Crippen LogP contribution in [0.25, 0.3) is 0 Å². The molecule has 4 heteroatoms. The minimum atomic E-state index is -0.303. The summed E-state index contributed by atoms with van der Waals surface area (Å²) in [6.45, 7) is 6.33. The van der Waals surface area contributed by atoms with Gasteiger partial charge in [0, 0.05) is 25.2 Å². The van der Waals surface area contributed by atoms with E-state index in [1.165, 1.54) is 19.3 Å². The Bertz CT molecular complexity index is 237. The maximum atomic E-state index is 10.5. The first-order valence-corrected chi connectivity index (χ1v) is 7.14. The molecule has 0 aliphatic carbocycles. The minimum Gasteiger partial charge on any atom is -0.377 e. The zero-order chi connectivity index (χ0) is 12.3. The Morgan fingerprint density at radius 1 is 1.35 bits per heavy atom. The second-order valence-corrected chi connectivity index (χ2v) is 5.56. The van der Waals surface area contributed by atoms with Crippen LogP contribution in [0.5, 0.6) is 0 Å². The number of rotatable bonds is 5. The lowest BCUT2D eigenvalue weighted by Gasteiger charge is -2.33. The lowest BCUT2D eigenvalue weighted by Crippen LogP contribution is -2.49. The van der Waals surface area contributed by atoms with E-state index in [2.05, 4.69) is 16.7 Å². The Morgan fingerprint density at radius 3 is 2.82 bits per heavy atom. The Balaban J connectivity index is 1.86. The van der Waals surface area contributed by atoms with E-state index >= 15 is 0 Å². The Labute approximate surface area is 105 Å². The Hall–Kier alpha value is -0.160. The summed E-state index contributed by atoms with van der Waals surface area (Å²) in [5, 5.41) is 10.5. The smallest absolute Gasteiger partial charge is 0.123 e. The van der Waals surface area contributed by atoms with Gasteiger partial charge in [-0.1, -0.05) is 13.3 Å². The highest BCUT2D eigenvalue weighted by atomic mass is 16.3. The van der Waals surface area contributed by atoms with Crippen LogP contribution in [0.1, 0.15) is 39.0 Å². The molecule has 100 valence electrons. The molecular weight excluding hydrogens is 214 g/mol. The van der Waals surface area contributed by atoms with E-state index in [0.717, 1.165) is 39.0 Å². The second kappa shape index (κ2) is 6.14. The van der Waals surface area contributed by atoms with Gasteiger partial charge in [-0.05, 0) is 38.8 Å². The fourth-order valence-electron chi connectivity index (χ4n) is 3.13. The molecular formula is C13H27N3O. The van der Waals surface area contributed by atoms with Crippen molar-refractivity contribution < 1.29 is 5.11 Å². The van der Waals surface area contributed by atoms with E-state index in [9.17, 15) is 5.11 Å². The highest BCUT2D eigenvalue weighted by Crippen LogP contribution is 2.24. The third-order valence-electron chi connectivity index (χ3n) is 4.19. The Kier molecular flexibility index (Phi) is 4.79. The topological polar surface area (TPSA) is 52.7 Å². The highest BCUT2D eigenvalue weighted by Gasteiger charge is 2.35. The molecule has 2 aliphatic rings. The molecule has 2 aliphatic heterocycles. The number of likely N-dealkylation sites (tertiary alicyclic amines) is 2. The van der Waals surface area contributed by atoms with E-state index < -0.39 is 0 Å². The summed E-state index contributed by atoms with van der Waals surface area (Å²) in [4.78, 5) is 4.64. The number of nitrogens with zero attached hydrogens (tertiary/aromatic N) is 2. The maximum Gasteiger partial charge on any atom is 0.123 e. The van der Waals surface area contributed by atoms with Gasteiger partial charge < -0.3 is 10.8 Å². The van der Waals surface area contributed by atoms with Crippen LogP contribution < -0.4 is 5.73 Å². The highest BCUT2D eigenvalue weighted by molar-refractivity contribution is 4.89. The second-order valence-electron chi connectivity index (χ2n) is 5.56. The van der Waals surface area contributed by atoms with Crippen molar-refractivity contribution >= 4 is 0 Å². The first kappa shape index (κ1) is 13.3. The van der Waals surface area contributed by atoms with E-state index in [1.54, 1.807) is 0 Å². The summed E-state index contributed by atoms with van der Waals surface area (Å²) < 4.78 is 0. The van der Waals surface area contributed by atoms with Crippen molar-refractivity contribution in [3.05, 3.63) is 0 Å². The van der Waals surface area contributed by atoms with Crippen LogP contribution in [-0.2, 0) is 0 Å². The SMILES string of the molecule is CCCCN1CCC[C@H]1C(O)N1CC[C@H](N)C1. The molecule has 2 saturated heterocycles. The molecule has 0 amide bonds. The van der Waals surface area contributed by atoms with Gasteiger partial charge in [0.2, 0.25) is 0 Å². The summed E-state index contributed by atoms with van der Waals surface area (Å²) in [6, 6.07) is 0.599. The average Bonchev–Trinajstić information content (AvgIpc) is 2.94. The van der Waals surface area contributed by atoms with E-state index in [4.69, 9.17) is 5.73 Å². The van der Waals surface area contributed by atoms with Crippen LogP contribution in [0.4, 0.5) is 0 Å². The van der Waals surface area contributed by atoms with Crippen molar-refractivity contribution in [3.63, 3.8) is 0 Å². The standard InChI is InChI=1S/C13H27N3O/c1-2-3-7-15-8-4-5-12(15)13(17)16-9-6-11(14)10-16/h11-13,17H,2-10,14H2,1H3/t11-,12-,13?/m0/s1. The fraction of sp³-hybridized carbons (Fsp3) is 1.00. The monoisotopic (exact) mass is 241 g/mol. The molecule has 0 bridgehead atoms. The van der Waals surface area contributed by atoms with Gasteiger partial charge in [0.1, 0.15) is 6.23 Å². The lowest BCUT2D eigenvalue weighted by atomic mass is 10.1. The molecule has 17 heavy (non-hydrogen) atoms.